The molecule has 1 aliphatic carbocycles. The molecule has 1 aromatic carbocycles. The summed E-state index contributed by atoms with van der Waals surface area (Å²) in [4.78, 5) is 37.6. The van der Waals surface area contributed by atoms with Crippen molar-refractivity contribution in [2.45, 2.75) is 44.3 Å². The quantitative estimate of drug-likeness (QED) is 0.692. The Bertz CT molecular complexity index is 1060. The number of fused-ring (bicyclic) bond motifs is 1. The van der Waals surface area contributed by atoms with Crippen molar-refractivity contribution in [1.29, 1.82) is 0 Å². The number of aromatic nitrogens is 1. The second-order valence-electron chi connectivity index (χ2n) is 7.87. The van der Waals surface area contributed by atoms with Gasteiger partial charge in [0.2, 0.25) is 11.3 Å². The molecule has 0 radical (unpaired) electrons. The molecule has 29 heavy (non-hydrogen) atoms. The molecule has 9 heteroatoms. The minimum Gasteiger partial charge on any atom is -0.477 e. The van der Waals surface area contributed by atoms with E-state index in [0.29, 0.717) is 30.7 Å². The Morgan fingerprint density at radius 3 is 2.66 bits per heavy atom. The van der Waals surface area contributed by atoms with Crippen molar-refractivity contribution in [3.63, 3.8) is 0 Å². The molecule has 8 nitrogen and oxygen atoms in total. The first-order valence-corrected chi connectivity index (χ1v) is 9.69. The van der Waals surface area contributed by atoms with Crippen molar-refractivity contribution in [3.8, 4) is 0 Å². The van der Waals surface area contributed by atoms with Crippen molar-refractivity contribution in [2.24, 2.45) is 5.73 Å². The number of nitrogens with one attached hydrogen (secondary N) is 1. The van der Waals surface area contributed by atoms with Gasteiger partial charge in [0, 0.05) is 36.8 Å². The first-order valence-electron chi connectivity index (χ1n) is 9.69. The Hall–Kier alpha value is -2.94. The van der Waals surface area contributed by atoms with Crippen LogP contribution in [0.1, 0.15) is 42.6 Å². The Balaban J connectivity index is 1.72. The van der Waals surface area contributed by atoms with E-state index in [1.165, 1.54) is 6.20 Å². The highest BCUT2D eigenvalue weighted by Gasteiger charge is 2.30. The topological polar surface area (TPSA) is 118 Å². The van der Waals surface area contributed by atoms with Crippen LogP contribution in [0, 0.1) is 5.82 Å². The van der Waals surface area contributed by atoms with Gasteiger partial charge in [0.25, 0.3) is 0 Å². The number of aromatic carboxylic acids is 1. The van der Waals surface area contributed by atoms with Gasteiger partial charge in [-0.25, -0.2) is 9.18 Å². The summed E-state index contributed by atoms with van der Waals surface area (Å²) in [5.41, 5.74) is 5.42. The molecule has 2 atom stereocenters. The number of carboxylic acid groups (broad SMARTS) is 1. The van der Waals surface area contributed by atoms with E-state index in [-0.39, 0.29) is 28.9 Å². The molecule has 2 aromatic rings. The van der Waals surface area contributed by atoms with Gasteiger partial charge in [-0.1, -0.05) is 0 Å². The van der Waals surface area contributed by atoms with Gasteiger partial charge >= 0.3 is 5.97 Å². The SMILES string of the molecule is C[C@H](N)C(=O)N[C@@H]1CCN(c2cc3c(cc2F)c(=O)c(C(=O)O)cn3C2CC2)C1. The van der Waals surface area contributed by atoms with Crippen molar-refractivity contribution < 1.29 is 19.1 Å². The highest BCUT2D eigenvalue weighted by molar-refractivity contribution is 5.93. The fraction of sp³-hybridized carbons (Fsp3) is 0.450. The molecule has 2 fully saturated rings. The third-order valence-corrected chi connectivity index (χ3v) is 5.56. The molecule has 2 heterocycles. The average Bonchev–Trinajstić information content (AvgIpc) is 3.40. The standard InChI is InChI=1S/C20H23FN4O4/c1-10(22)19(27)23-11-4-5-24(8-11)17-7-16-13(6-15(17)21)18(26)14(20(28)29)9-25(16)12-2-3-12/h6-7,9-12H,2-5,8,22H2,1H3,(H,23,27)(H,28,29)/t10-,11+/m0/s1. The Morgan fingerprint density at radius 2 is 2.03 bits per heavy atom. The van der Waals surface area contributed by atoms with Crippen molar-refractivity contribution in [3.05, 3.63) is 39.9 Å². The molecule has 1 saturated carbocycles. The van der Waals surface area contributed by atoms with Gasteiger partial charge in [0.05, 0.1) is 17.2 Å². The molecule has 0 bridgehead atoms. The summed E-state index contributed by atoms with van der Waals surface area (Å²) >= 11 is 0. The summed E-state index contributed by atoms with van der Waals surface area (Å²) in [7, 11) is 0. The Morgan fingerprint density at radius 1 is 1.31 bits per heavy atom. The van der Waals surface area contributed by atoms with E-state index in [2.05, 4.69) is 5.32 Å². The summed E-state index contributed by atoms with van der Waals surface area (Å²) in [6.07, 6.45) is 3.79. The van der Waals surface area contributed by atoms with Crippen molar-refractivity contribution in [1.82, 2.24) is 9.88 Å². The highest BCUT2D eigenvalue weighted by Crippen LogP contribution is 2.38. The van der Waals surface area contributed by atoms with Gasteiger partial charge in [-0.3, -0.25) is 9.59 Å². The van der Waals surface area contributed by atoms with Gasteiger partial charge in [-0.15, -0.1) is 0 Å². The zero-order valence-electron chi connectivity index (χ0n) is 16.0. The lowest BCUT2D eigenvalue weighted by atomic mass is 10.1. The van der Waals surface area contributed by atoms with E-state index < -0.39 is 23.3 Å². The Labute approximate surface area is 166 Å². The lowest BCUT2D eigenvalue weighted by molar-refractivity contribution is -0.122. The monoisotopic (exact) mass is 402 g/mol. The number of amides is 1. The number of carbonyl (C=O) groups is 2. The van der Waals surface area contributed by atoms with Crippen LogP contribution in [0.25, 0.3) is 10.9 Å². The smallest absolute Gasteiger partial charge is 0.341 e. The molecule has 2 aliphatic rings. The van der Waals surface area contributed by atoms with Gasteiger partial charge < -0.3 is 25.6 Å². The summed E-state index contributed by atoms with van der Waals surface area (Å²) in [6, 6.07) is 2.12. The first-order chi connectivity index (χ1) is 13.8. The fourth-order valence-electron chi connectivity index (χ4n) is 3.84. The maximum absolute atomic E-state index is 14.9. The third-order valence-electron chi connectivity index (χ3n) is 5.56. The zero-order valence-corrected chi connectivity index (χ0v) is 16.0. The number of nitrogens with two attached hydrogens (primary N) is 1. The normalized spacial score (nSPS) is 20.1. The van der Waals surface area contributed by atoms with Crippen molar-refractivity contribution in [2.75, 3.05) is 18.0 Å². The minimum absolute atomic E-state index is 0.0686. The van der Waals surface area contributed by atoms with Crippen molar-refractivity contribution >= 4 is 28.5 Å². The first kappa shape index (κ1) is 19.4. The van der Waals surface area contributed by atoms with Gasteiger partial charge in [-0.05, 0) is 38.3 Å². The lowest BCUT2D eigenvalue weighted by Gasteiger charge is -2.22. The number of benzene rings is 1. The molecule has 1 aromatic heterocycles. The number of nitrogens with zero attached hydrogens (tertiary/aromatic N) is 2. The molecular weight excluding hydrogens is 379 g/mol. The zero-order chi connectivity index (χ0) is 20.9. The second-order valence-corrected chi connectivity index (χ2v) is 7.87. The molecule has 4 rings (SSSR count). The number of halogens is 1. The van der Waals surface area contributed by atoms with Crippen LogP contribution < -0.4 is 21.4 Å². The molecule has 1 amide bonds. The van der Waals surface area contributed by atoms with Crippen LogP contribution in [0.4, 0.5) is 10.1 Å². The second kappa shape index (κ2) is 7.14. The third kappa shape index (κ3) is 3.57. The number of hydrogen-bond donors (Lipinski definition) is 3. The Kier molecular flexibility index (Phi) is 4.77. The number of hydrogen-bond acceptors (Lipinski definition) is 5. The van der Waals surface area contributed by atoms with Crippen LogP contribution in [0.2, 0.25) is 0 Å². The fourth-order valence-corrected chi connectivity index (χ4v) is 3.84. The molecule has 1 aliphatic heterocycles. The summed E-state index contributed by atoms with van der Waals surface area (Å²) < 4.78 is 16.7. The number of pyridine rings is 1. The van der Waals surface area contributed by atoms with Gasteiger partial charge in [0.1, 0.15) is 11.4 Å². The molecule has 0 unspecified atom stereocenters. The molecule has 0 spiro atoms. The number of anilines is 1. The van der Waals surface area contributed by atoms with E-state index >= 15 is 0 Å². The van der Waals surface area contributed by atoms with Gasteiger partial charge in [0.15, 0.2) is 0 Å². The summed E-state index contributed by atoms with van der Waals surface area (Å²) in [5, 5.41) is 12.3. The van der Waals surface area contributed by atoms with Crippen LogP contribution in [0.15, 0.2) is 23.1 Å². The van der Waals surface area contributed by atoms with Crippen LogP contribution in [-0.4, -0.2) is 46.7 Å². The maximum atomic E-state index is 14.9. The van der Waals surface area contributed by atoms with E-state index in [9.17, 15) is 23.9 Å². The van der Waals surface area contributed by atoms with Crippen LogP contribution in [0.5, 0.6) is 0 Å². The maximum Gasteiger partial charge on any atom is 0.341 e. The van der Waals surface area contributed by atoms with E-state index in [4.69, 9.17) is 5.73 Å². The molecule has 4 N–H and O–H groups in total. The summed E-state index contributed by atoms with van der Waals surface area (Å²) in [5.74, 6) is -2.15. The highest BCUT2D eigenvalue weighted by atomic mass is 19.1. The molecule has 1 saturated heterocycles. The average molecular weight is 402 g/mol. The summed E-state index contributed by atoms with van der Waals surface area (Å²) in [6.45, 7) is 2.59. The predicted molar refractivity (Wildman–Crippen MR) is 106 cm³/mol. The van der Waals surface area contributed by atoms with E-state index in [1.54, 1.807) is 17.6 Å². The minimum atomic E-state index is -1.32. The predicted octanol–water partition coefficient (Wildman–Crippen LogP) is 1.22. The van der Waals surface area contributed by atoms with E-state index in [1.807, 2.05) is 4.90 Å². The van der Waals surface area contributed by atoms with Crippen LogP contribution in [0.3, 0.4) is 0 Å². The lowest BCUT2D eigenvalue weighted by Crippen LogP contribution is -2.45. The molecule has 154 valence electrons. The number of carboxylic acids is 1. The molecular formula is C20H23FN4O4. The van der Waals surface area contributed by atoms with Crippen LogP contribution in [-0.2, 0) is 4.79 Å². The van der Waals surface area contributed by atoms with Gasteiger partial charge in [-0.2, -0.15) is 0 Å². The number of carbonyl (C=O) groups excluding carboxylic acids is 1. The largest absolute Gasteiger partial charge is 0.477 e. The van der Waals surface area contributed by atoms with Crippen LogP contribution >= 0.6 is 0 Å². The number of rotatable bonds is 5. The van der Waals surface area contributed by atoms with E-state index in [0.717, 1.165) is 18.9 Å².